The van der Waals surface area contributed by atoms with Gasteiger partial charge in [-0.25, -0.2) is 4.79 Å². The van der Waals surface area contributed by atoms with Crippen LogP contribution in [0.3, 0.4) is 0 Å². The standard InChI is InChI=1S/C21H21NO3/c23-19(15-9-5-2-6-10-15)22-21(20(24)25)17-12-11-16(13-17)18(21)14-7-3-1-4-8-14/h1-10,16-18H,11-13H2,(H,22,23)(H,24,25)/t16-,17+,18-,21-/m0/s1. The third kappa shape index (κ3) is 2.44. The molecular formula is C21H21NO3. The van der Waals surface area contributed by atoms with E-state index in [2.05, 4.69) is 5.32 Å². The average molecular weight is 335 g/mol. The summed E-state index contributed by atoms with van der Waals surface area (Å²) < 4.78 is 0. The van der Waals surface area contributed by atoms with Crippen LogP contribution in [0.2, 0.25) is 0 Å². The Hall–Kier alpha value is -2.62. The summed E-state index contributed by atoms with van der Waals surface area (Å²) in [5.74, 6) is -1.13. The van der Waals surface area contributed by atoms with Gasteiger partial charge in [-0.2, -0.15) is 0 Å². The fourth-order valence-corrected chi connectivity index (χ4v) is 4.94. The number of hydrogen-bond donors (Lipinski definition) is 2. The third-order valence-corrected chi connectivity index (χ3v) is 5.95. The number of carboxylic acids is 1. The van der Waals surface area contributed by atoms with Gasteiger partial charge in [0.05, 0.1) is 0 Å². The molecule has 1 amide bonds. The van der Waals surface area contributed by atoms with Gasteiger partial charge < -0.3 is 10.4 Å². The van der Waals surface area contributed by atoms with Gasteiger partial charge in [0.2, 0.25) is 0 Å². The van der Waals surface area contributed by atoms with Gasteiger partial charge in [0.15, 0.2) is 0 Å². The number of nitrogens with one attached hydrogen (secondary N) is 1. The van der Waals surface area contributed by atoms with Gasteiger partial charge >= 0.3 is 5.97 Å². The molecule has 2 bridgehead atoms. The minimum Gasteiger partial charge on any atom is -0.479 e. The normalized spacial score (nSPS) is 30.2. The molecule has 0 heterocycles. The maximum Gasteiger partial charge on any atom is 0.330 e. The number of rotatable bonds is 4. The van der Waals surface area contributed by atoms with Gasteiger partial charge in [-0.15, -0.1) is 0 Å². The molecular weight excluding hydrogens is 314 g/mol. The van der Waals surface area contributed by atoms with Crippen LogP contribution in [-0.2, 0) is 4.79 Å². The van der Waals surface area contributed by atoms with Crippen LogP contribution in [-0.4, -0.2) is 22.5 Å². The van der Waals surface area contributed by atoms with E-state index in [0.717, 1.165) is 24.8 Å². The fourth-order valence-electron chi connectivity index (χ4n) is 4.94. The zero-order valence-corrected chi connectivity index (χ0v) is 13.9. The zero-order chi connectivity index (χ0) is 17.4. The molecule has 4 atom stereocenters. The first kappa shape index (κ1) is 15.9. The lowest BCUT2D eigenvalue weighted by Crippen LogP contribution is -2.61. The van der Waals surface area contributed by atoms with Crippen molar-refractivity contribution < 1.29 is 14.7 Å². The monoisotopic (exact) mass is 335 g/mol. The van der Waals surface area contributed by atoms with E-state index in [-0.39, 0.29) is 17.7 Å². The number of benzene rings is 2. The predicted octanol–water partition coefficient (Wildman–Crippen LogP) is 3.45. The van der Waals surface area contributed by atoms with Gasteiger partial charge in [0.25, 0.3) is 5.91 Å². The summed E-state index contributed by atoms with van der Waals surface area (Å²) in [6.45, 7) is 0. The third-order valence-electron chi connectivity index (χ3n) is 5.95. The summed E-state index contributed by atoms with van der Waals surface area (Å²) in [6.07, 6.45) is 2.75. The number of carboxylic acid groups (broad SMARTS) is 1. The summed E-state index contributed by atoms with van der Waals surface area (Å²) >= 11 is 0. The summed E-state index contributed by atoms with van der Waals surface area (Å²) in [5, 5.41) is 13.1. The van der Waals surface area contributed by atoms with Crippen LogP contribution in [0.4, 0.5) is 0 Å². The molecule has 4 heteroatoms. The highest BCUT2D eigenvalue weighted by atomic mass is 16.4. The highest BCUT2D eigenvalue weighted by Crippen LogP contribution is 2.59. The number of carbonyl (C=O) groups excluding carboxylic acids is 1. The SMILES string of the molecule is O=C(N[C@@]1(C(=O)O)[C@@H]2CC[C@@H](C2)[C@@H]1c1ccccc1)c1ccccc1. The van der Waals surface area contributed by atoms with E-state index in [1.165, 1.54) is 0 Å². The largest absolute Gasteiger partial charge is 0.479 e. The quantitative estimate of drug-likeness (QED) is 0.899. The molecule has 0 radical (unpaired) electrons. The molecule has 2 aliphatic carbocycles. The Kier molecular flexibility index (Phi) is 3.83. The Labute approximate surface area is 146 Å². The van der Waals surface area contributed by atoms with Crippen LogP contribution in [0.15, 0.2) is 60.7 Å². The summed E-state index contributed by atoms with van der Waals surface area (Å²) in [7, 11) is 0. The smallest absolute Gasteiger partial charge is 0.330 e. The van der Waals surface area contributed by atoms with Crippen LogP contribution < -0.4 is 5.32 Å². The molecule has 0 saturated heterocycles. The molecule has 0 spiro atoms. The highest BCUT2D eigenvalue weighted by Gasteiger charge is 2.63. The lowest BCUT2D eigenvalue weighted by atomic mass is 9.69. The van der Waals surface area contributed by atoms with Crippen LogP contribution in [0.25, 0.3) is 0 Å². The number of carbonyl (C=O) groups is 2. The van der Waals surface area contributed by atoms with Gasteiger partial charge in [0, 0.05) is 11.5 Å². The Morgan fingerprint density at radius 2 is 1.60 bits per heavy atom. The summed E-state index contributed by atoms with van der Waals surface area (Å²) in [5.41, 5.74) is 0.278. The first-order valence-corrected chi connectivity index (χ1v) is 8.79. The molecule has 2 fully saturated rings. The molecule has 2 aromatic carbocycles. The lowest BCUT2D eigenvalue weighted by Gasteiger charge is -2.41. The average Bonchev–Trinajstić information content (AvgIpc) is 3.23. The molecule has 128 valence electrons. The maximum absolute atomic E-state index is 12.8. The second-order valence-corrected chi connectivity index (χ2v) is 7.15. The molecule has 0 aliphatic heterocycles. The van der Waals surface area contributed by atoms with Gasteiger partial charge in [-0.1, -0.05) is 48.5 Å². The van der Waals surface area contributed by atoms with E-state index in [4.69, 9.17) is 0 Å². The molecule has 2 aliphatic rings. The van der Waals surface area contributed by atoms with Crippen molar-refractivity contribution in [1.29, 1.82) is 0 Å². The predicted molar refractivity (Wildman–Crippen MR) is 94.3 cm³/mol. The van der Waals surface area contributed by atoms with Crippen molar-refractivity contribution in [3.05, 3.63) is 71.8 Å². The van der Waals surface area contributed by atoms with Crippen molar-refractivity contribution in [2.75, 3.05) is 0 Å². The minimum atomic E-state index is -1.23. The Morgan fingerprint density at radius 1 is 0.960 bits per heavy atom. The molecule has 0 unspecified atom stereocenters. The number of aliphatic carboxylic acids is 1. The van der Waals surface area contributed by atoms with Crippen molar-refractivity contribution in [2.24, 2.45) is 11.8 Å². The van der Waals surface area contributed by atoms with E-state index < -0.39 is 11.5 Å². The van der Waals surface area contributed by atoms with E-state index in [1.807, 2.05) is 36.4 Å². The molecule has 2 N–H and O–H groups in total. The molecule has 4 nitrogen and oxygen atoms in total. The van der Waals surface area contributed by atoms with Gasteiger partial charge in [-0.05, 0) is 48.8 Å². The van der Waals surface area contributed by atoms with Crippen molar-refractivity contribution in [3.8, 4) is 0 Å². The van der Waals surface area contributed by atoms with E-state index in [9.17, 15) is 14.7 Å². The lowest BCUT2D eigenvalue weighted by molar-refractivity contribution is -0.147. The van der Waals surface area contributed by atoms with Gasteiger partial charge in [0.1, 0.15) is 5.54 Å². The Morgan fingerprint density at radius 3 is 2.24 bits per heavy atom. The highest BCUT2D eigenvalue weighted by molar-refractivity contribution is 5.98. The number of amides is 1. The number of hydrogen-bond acceptors (Lipinski definition) is 2. The second-order valence-electron chi connectivity index (χ2n) is 7.15. The van der Waals surface area contributed by atoms with Crippen LogP contribution in [0, 0.1) is 11.8 Å². The van der Waals surface area contributed by atoms with Crippen molar-refractivity contribution in [1.82, 2.24) is 5.32 Å². The Bertz CT molecular complexity index is 789. The fraction of sp³-hybridized carbons (Fsp3) is 0.333. The number of fused-ring (bicyclic) bond motifs is 2. The van der Waals surface area contributed by atoms with Crippen molar-refractivity contribution >= 4 is 11.9 Å². The van der Waals surface area contributed by atoms with E-state index in [0.29, 0.717) is 11.5 Å². The van der Waals surface area contributed by atoms with Crippen molar-refractivity contribution in [3.63, 3.8) is 0 Å². The summed E-state index contributed by atoms with van der Waals surface area (Å²) in [4.78, 5) is 25.2. The van der Waals surface area contributed by atoms with E-state index in [1.54, 1.807) is 24.3 Å². The molecule has 4 rings (SSSR count). The van der Waals surface area contributed by atoms with Crippen LogP contribution in [0.5, 0.6) is 0 Å². The molecule has 2 aromatic rings. The molecule has 25 heavy (non-hydrogen) atoms. The van der Waals surface area contributed by atoms with Crippen LogP contribution in [0.1, 0.15) is 41.1 Å². The molecule has 2 saturated carbocycles. The second kappa shape index (κ2) is 6.03. The van der Waals surface area contributed by atoms with Crippen molar-refractivity contribution in [2.45, 2.75) is 30.7 Å². The van der Waals surface area contributed by atoms with Crippen LogP contribution >= 0.6 is 0 Å². The first-order chi connectivity index (χ1) is 12.1. The van der Waals surface area contributed by atoms with Gasteiger partial charge in [-0.3, -0.25) is 4.79 Å². The maximum atomic E-state index is 12.8. The first-order valence-electron chi connectivity index (χ1n) is 8.79. The molecule has 0 aromatic heterocycles. The zero-order valence-electron chi connectivity index (χ0n) is 13.9. The Balaban J connectivity index is 1.75. The van der Waals surface area contributed by atoms with E-state index >= 15 is 0 Å². The minimum absolute atomic E-state index is 0.0205. The summed E-state index contributed by atoms with van der Waals surface area (Å²) in [6, 6.07) is 18.6. The topological polar surface area (TPSA) is 66.4 Å².